The third kappa shape index (κ3) is 4.24. The Balaban J connectivity index is 1.51. The van der Waals surface area contributed by atoms with Gasteiger partial charge in [-0.2, -0.15) is 0 Å². The third-order valence-corrected chi connectivity index (χ3v) is 6.02. The first-order valence-electron chi connectivity index (χ1n) is 7.79. The number of thiophene rings is 1. The van der Waals surface area contributed by atoms with Gasteiger partial charge in [0.25, 0.3) is 5.91 Å². The molecule has 3 heterocycles. The van der Waals surface area contributed by atoms with Gasteiger partial charge in [-0.05, 0) is 23.9 Å². The molecule has 2 saturated heterocycles. The van der Waals surface area contributed by atoms with E-state index in [1.807, 2.05) is 28.5 Å². The van der Waals surface area contributed by atoms with Crippen LogP contribution in [0.25, 0.3) is 6.08 Å². The van der Waals surface area contributed by atoms with Crippen molar-refractivity contribution in [2.45, 2.75) is 12.8 Å². The highest BCUT2D eigenvalue weighted by molar-refractivity contribution is 8.26. The number of carbonyl (C=O) groups excluding carboxylic acids is 2. The highest BCUT2D eigenvalue weighted by atomic mass is 32.2. The van der Waals surface area contributed by atoms with Crippen LogP contribution in [0.2, 0.25) is 0 Å². The number of ether oxygens (including phenoxy) is 1. The molecule has 5 nitrogen and oxygen atoms in total. The number of hydrogen-bond donors (Lipinski definition) is 0. The molecule has 3 rings (SSSR count). The summed E-state index contributed by atoms with van der Waals surface area (Å²) >= 11 is 8.23. The minimum Gasteiger partial charge on any atom is -0.378 e. The Morgan fingerprint density at radius 3 is 2.88 bits per heavy atom. The zero-order valence-corrected chi connectivity index (χ0v) is 15.6. The fourth-order valence-corrected chi connectivity index (χ4v) is 4.59. The summed E-state index contributed by atoms with van der Waals surface area (Å²) in [6.45, 7) is 3.01. The van der Waals surface area contributed by atoms with Crippen molar-refractivity contribution >= 4 is 57.5 Å². The lowest BCUT2D eigenvalue weighted by molar-refractivity contribution is -0.135. The van der Waals surface area contributed by atoms with Crippen LogP contribution in [-0.2, 0) is 14.3 Å². The normalized spacial score (nSPS) is 20.2. The molecule has 0 saturated carbocycles. The molecular formula is C16H18N2O3S3. The predicted octanol–water partition coefficient (Wildman–Crippen LogP) is 2.59. The van der Waals surface area contributed by atoms with Crippen LogP contribution in [0.1, 0.15) is 17.7 Å². The number of thioether (sulfide) groups is 1. The molecular weight excluding hydrogens is 364 g/mol. The average molecular weight is 383 g/mol. The largest absolute Gasteiger partial charge is 0.378 e. The Labute approximate surface area is 154 Å². The van der Waals surface area contributed by atoms with Crippen molar-refractivity contribution in [1.29, 1.82) is 0 Å². The van der Waals surface area contributed by atoms with Gasteiger partial charge in [-0.25, -0.2) is 0 Å². The second-order valence-corrected chi connectivity index (χ2v) is 8.10. The first-order chi connectivity index (χ1) is 11.6. The molecule has 128 valence electrons. The SMILES string of the molecule is O=C(CCCN1C(=O)/C(=C/c2cccs2)SC1=S)N1CCOCC1. The second kappa shape index (κ2) is 8.24. The van der Waals surface area contributed by atoms with Crippen molar-refractivity contribution in [2.24, 2.45) is 0 Å². The predicted molar refractivity (Wildman–Crippen MR) is 101 cm³/mol. The van der Waals surface area contributed by atoms with E-state index in [0.29, 0.717) is 54.9 Å². The molecule has 0 unspecified atom stereocenters. The Morgan fingerprint density at radius 1 is 1.38 bits per heavy atom. The molecule has 2 amide bonds. The first-order valence-corrected chi connectivity index (χ1v) is 9.90. The topological polar surface area (TPSA) is 49.9 Å². The number of hydrogen-bond acceptors (Lipinski definition) is 6. The lowest BCUT2D eigenvalue weighted by atomic mass is 10.2. The molecule has 2 aliphatic heterocycles. The minimum atomic E-state index is -0.0581. The van der Waals surface area contributed by atoms with Crippen molar-refractivity contribution in [3.05, 3.63) is 27.3 Å². The molecule has 24 heavy (non-hydrogen) atoms. The number of morpholine rings is 1. The standard InChI is InChI=1S/C16H18N2O3S3/c19-14(17-6-8-21-9-7-17)4-1-5-18-15(20)13(24-16(18)22)11-12-3-2-10-23-12/h2-3,10-11H,1,4-9H2/b13-11-. The molecule has 0 atom stereocenters. The van der Waals surface area contributed by atoms with E-state index < -0.39 is 0 Å². The highest BCUT2D eigenvalue weighted by Crippen LogP contribution is 2.33. The Morgan fingerprint density at radius 2 is 2.17 bits per heavy atom. The molecule has 2 aliphatic rings. The molecule has 0 aliphatic carbocycles. The smallest absolute Gasteiger partial charge is 0.266 e. The zero-order chi connectivity index (χ0) is 16.9. The van der Waals surface area contributed by atoms with Crippen molar-refractivity contribution in [3.8, 4) is 0 Å². The molecule has 1 aromatic heterocycles. The van der Waals surface area contributed by atoms with Crippen LogP contribution in [0.5, 0.6) is 0 Å². The van der Waals surface area contributed by atoms with Crippen molar-refractivity contribution in [1.82, 2.24) is 9.80 Å². The molecule has 0 N–H and O–H groups in total. The third-order valence-electron chi connectivity index (χ3n) is 3.83. The van der Waals surface area contributed by atoms with Gasteiger partial charge >= 0.3 is 0 Å². The summed E-state index contributed by atoms with van der Waals surface area (Å²) in [5.41, 5.74) is 0. The first kappa shape index (κ1) is 17.6. The van der Waals surface area contributed by atoms with Gasteiger partial charge in [-0.15, -0.1) is 11.3 Å². The van der Waals surface area contributed by atoms with Gasteiger partial charge < -0.3 is 9.64 Å². The summed E-state index contributed by atoms with van der Waals surface area (Å²) in [6, 6.07) is 3.92. The summed E-state index contributed by atoms with van der Waals surface area (Å²) in [5, 5.41) is 1.98. The summed E-state index contributed by atoms with van der Waals surface area (Å²) in [7, 11) is 0. The minimum absolute atomic E-state index is 0.0581. The quantitative estimate of drug-likeness (QED) is 0.579. The number of nitrogens with zero attached hydrogens (tertiary/aromatic N) is 2. The summed E-state index contributed by atoms with van der Waals surface area (Å²) < 4.78 is 5.82. The van der Waals surface area contributed by atoms with E-state index in [-0.39, 0.29) is 11.8 Å². The lowest BCUT2D eigenvalue weighted by Gasteiger charge is -2.27. The molecule has 2 fully saturated rings. The van der Waals surface area contributed by atoms with Gasteiger partial charge in [-0.3, -0.25) is 14.5 Å². The number of amides is 2. The van der Waals surface area contributed by atoms with E-state index in [1.165, 1.54) is 11.8 Å². The summed E-state index contributed by atoms with van der Waals surface area (Å²) in [5.74, 6) is 0.0649. The Bertz CT molecular complexity index is 652. The van der Waals surface area contributed by atoms with Crippen molar-refractivity contribution in [3.63, 3.8) is 0 Å². The van der Waals surface area contributed by atoms with E-state index in [4.69, 9.17) is 17.0 Å². The van der Waals surface area contributed by atoms with Gasteiger partial charge in [0.1, 0.15) is 4.32 Å². The lowest BCUT2D eigenvalue weighted by Crippen LogP contribution is -2.41. The molecule has 0 aromatic carbocycles. The Hall–Kier alpha value is -1.22. The molecule has 0 bridgehead atoms. The molecule has 1 aromatic rings. The van der Waals surface area contributed by atoms with E-state index in [2.05, 4.69) is 0 Å². The van der Waals surface area contributed by atoms with Crippen LogP contribution < -0.4 is 0 Å². The van der Waals surface area contributed by atoms with Gasteiger partial charge in [0.05, 0.1) is 18.1 Å². The Kier molecular flexibility index (Phi) is 6.04. The van der Waals surface area contributed by atoms with E-state index in [1.54, 1.807) is 16.2 Å². The van der Waals surface area contributed by atoms with Gasteiger partial charge in [-0.1, -0.05) is 30.0 Å². The highest BCUT2D eigenvalue weighted by Gasteiger charge is 2.31. The van der Waals surface area contributed by atoms with Gasteiger partial charge in [0, 0.05) is 30.9 Å². The number of carbonyl (C=O) groups is 2. The van der Waals surface area contributed by atoms with Crippen LogP contribution >= 0.6 is 35.3 Å². The van der Waals surface area contributed by atoms with Crippen LogP contribution in [-0.4, -0.2) is 58.8 Å². The molecule has 0 spiro atoms. The van der Waals surface area contributed by atoms with E-state index in [0.717, 1.165) is 4.88 Å². The second-order valence-electron chi connectivity index (χ2n) is 5.45. The molecule has 0 radical (unpaired) electrons. The number of thiocarbonyl (C=S) groups is 1. The van der Waals surface area contributed by atoms with Crippen LogP contribution in [0.15, 0.2) is 22.4 Å². The maximum Gasteiger partial charge on any atom is 0.266 e. The fourth-order valence-electron chi connectivity index (χ4n) is 2.55. The van der Waals surface area contributed by atoms with Crippen molar-refractivity contribution < 1.29 is 14.3 Å². The van der Waals surface area contributed by atoms with Crippen molar-refractivity contribution in [2.75, 3.05) is 32.8 Å². The van der Waals surface area contributed by atoms with E-state index >= 15 is 0 Å². The van der Waals surface area contributed by atoms with Crippen LogP contribution in [0, 0.1) is 0 Å². The fraction of sp³-hybridized carbons (Fsp3) is 0.438. The maximum atomic E-state index is 12.5. The van der Waals surface area contributed by atoms with E-state index in [9.17, 15) is 9.59 Å². The zero-order valence-electron chi connectivity index (χ0n) is 13.1. The van der Waals surface area contributed by atoms with Crippen LogP contribution in [0.3, 0.4) is 0 Å². The van der Waals surface area contributed by atoms with Crippen LogP contribution in [0.4, 0.5) is 0 Å². The van der Waals surface area contributed by atoms with Gasteiger partial charge in [0.2, 0.25) is 5.91 Å². The average Bonchev–Trinajstić information content (AvgIpc) is 3.19. The van der Waals surface area contributed by atoms with Gasteiger partial charge in [0.15, 0.2) is 0 Å². The number of rotatable bonds is 5. The molecule has 8 heteroatoms. The monoisotopic (exact) mass is 382 g/mol. The summed E-state index contributed by atoms with van der Waals surface area (Å²) in [4.78, 5) is 29.7. The summed E-state index contributed by atoms with van der Waals surface area (Å²) in [6.07, 6.45) is 2.93. The maximum absolute atomic E-state index is 12.5.